The van der Waals surface area contributed by atoms with Gasteiger partial charge in [-0.25, -0.2) is 9.97 Å². The number of hydrogen-bond donors (Lipinski definition) is 1. The second-order valence-electron chi connectivity index (χ2n) is 4.79. The second kappa shape index (κ2) is 7.88. The summed E-state index contributed by atoms with van der Waals surface area (Å²) in [6.45, 7) is 3.86. The van der Waals surface area contributed by atoms with Crippen LogP contribution in [-0.2, 0) is 6.42 Å². The van der Waals surface area contributed by atoms with Crippen molar-refractivity contribution in [3.8, 4) is 0 Å². The quantitative estimate of drug-likeness (QED) is 0.628. The first-order chi connectivity index (χ1) is 10.2. The topological polar surface area (TPSA) is 41.0 Å². The third-order valence-corrected chi connectivity index (χ3v) is 3.75. The van der Waals surface area contributed by atoms with Crippen molar-refractivity contribution in [3.05, 3.63) is 42.0 Å². The minimum atomic E-state index is 0.801. The van der Waals surface area contributed by atoms with E-state index in [0.29, 0.717) is 0 Å². The molecule has 0 atom stereocenters. The number of anilines is 2. The van der Waals surface area contributed by atoms with Crippen LogP contribution in [0.4, 0.5) is 11.6 Å². The lowest BCUT2D eigenvalue weighted by atomic mass is 10.1. The SMILES string of the molecule is CCNc1cc(N(C)CCc2ccccc2)nc(SC)n1. The first-order valence-electron chi connectivity index (χ1n) is 7.15. The highest BCUT2D eigenvalue weighted by molar-refractivity contribution is 7.98. The van der Waals surface area contributed by atoms with Crippen molar-refractivity contribution in [2.75, 3.05) is 36.6 Å². The van der Waals surface area contributed by atoms with E-state index in [1.165, 1.54) is 5.56 Å². The number of hydrogen-bond acceptors (Lipinski definition) is 5. The van der Waals surface area contributed by atoms with Crippen LogP contribution in [0.25, 0.3) is 0 Å². The Bertz CT molecular complexity index is 559. The molecule has 0 saturated heterocycles. The van der Waals surface area contributed by atoms with Gasteiger partial charge in [0.15, 0.2) is 5.16 Å². The molecule has 1 heterocycles. The van der Waals surface area contributed by atoms with Crippen LogP contribution in [0, 0.1) is 0 Å². The minimum Gasteiger partial charge on any atom is -0.370 e. The molecule has 2 aromatic rings. The molecule has 5 heteroatoms. The van der Waals surface area contributed by atoms with Crippen LogP contribution < -0.4 is 10.2 Å². The largest absolute Gasteiger partial charge is 0.370 e. The van der Waals surface area contributed by atoms with E-state index in [2.05, 4.69) is 58.4 Å². The molecule has 0 aliphatic carbocycles. The van der Waals surface area contributed by atoms with Gasteiger partial charge in [-0.05, 0) is 25.2 Å². The Morgan fingerprint density at radius 2 is 1.95 bits per heavy atom. The van der Waals surface area contributed by atoms with E-state index in [1.807, 2.05) is 18.4 Å². The van der Waals surface area contributed by atoms with Gasteiger partial charge in [0.05, 0.1) is 0 Å². The summed E-state index contributed by atoms with van der Waals surface area (Å²) in [5.74, 6) is 1.85. The number of aromatic nitrogens is 2. The van der Waals surface area contributed by atoms with E-state index < -0.39 is 0 Å². The van der Waals surface area contributed by atoms with Crippen LogP contribution in [0.3, 0.4) is 0 Å². The average Bonchev–Trinajstić information content (AvgIpc) is 2.53. The van der Waals surface area contributed by atoms with Gasteiger partial charge in [0.1, 0.15) is 11.6 Å². The third-order valence-electron chi connectivity index (χ3n) is 3.20. The third kappa shape index (κ3) is 4.63. The molecule has 0 aliphatic rings. The summed E-state index contributed by atoms with van der Waals surface area (Å²) in [4.78, 5) is 11.2. The van der Waals surface area contributed by atoms with Gasteiger partial charge >= 0.3 is 0 Å². The maximum atomic E-state index is 4.58. The Morgan fingerprint density at radius 3 is 2.62 bits per heavy atom. The number of thioether (sulfide) groups is 1. The monoisotopic (exact) mass is 302 g/mol. The summed E-state index contributed by atoms with van der Waals surface area (Å²) in [6.07, 6.45) is 3.01. The molecule has 0 spiro atoms. The second-order valence-corrected chi connectivity index (χ2v) is 5.56. The molecule has 0 saturated carbocycles. The Morgan fingerprint density at radius 1 is 1.19 bits per heavy atom. The van der Waals surface area contributed by atoms with Gasteiger partial charge in [0, 0.05) is 26.2 Å². The number of rotatable bonds is 7. The van der Waals surface area contributed by atoms with Crippen LogP contribution in [-0.4, -0.2) is 36.4 Å². The molecule has 4 nitrogen and oxygen atoms in total. The fourth-order valence-corrected chi connectivity index (χ4v) is 2.40. The highest BCUT2D eigenvalue weighted by Crippen LogP contribution is 2.19. The Labute approximate surface area is 131 Å². The lowest BCUT2D eigenvalue weighted by Gasteiger charge is -2.19. The van der Waals surface area contributed by atoms with Gasteiger partial charge in [0.2, 0.25) is 0 Å². The molecule has 1 aromatic heterocycles. The molecule has 0 fully saturated rings. The predicted molar refractivity (Wildman–Crippen MR) is 91.4 cm³/mol. The summed E-state index contributed by atoms with van der Waals surface area (Å²) in [6, 6.07) is 12.5. The lowest BCUT2D eigenvalue weighted by molar-refractivity contribution is 0.834. The summed E-state index contributed by atoms with van der Waals surface area (Å²) in [7, 11) is 2.07. The summed E-state index contributed by atoms with van der Waals surface area (Å²) < 4.78 is 0. The summed E-state index contributed by atoms with van der Waals surface area (Å²) >= 11 is 1.57. The standard InChI is InChI=1S/C16H22N4S/c1-4-17-14-12-15(19-16(18-14)21-3)20(2)11-10-13-8-6-5-7-9-13/h5-9,12H,4,10-11H2,1-3H3,(H,17,18,19). The van der Waals surface area contributed by atoms with E-state index in [-0.39, 0.29) is 0 Å². The smallest absolute Gasteiger partial charge is 0.191 e. The number of nitrogens with one attached hydrogen (secondary N) is 1. The van der Waals surface area contributed by atoms with E-state index in [1.54, 1.807) is 11.8 Å². The highest BCUT2D eigenvalue weighted by atomic mass is 32.2. The van der Waals surface area contributed by atoms with Crippen molar-refractivity contribution in [1.29, 1.82) is 0 Å². The van der Waals surface area contributed by atoms with Gasteiger partial charge in [0.25, 0.3) is 0 Å². The first kappa shape index (κ1) is 15.6. The number of nitrogens with zero attached hydrogens (tertiary/aromatic N) is 3. The van der Waals surface area contributed by atoms with Crippen LogP contribution in [0.15, 0.2) is 41.6 Å². The molecule has 1 N–H and O–H groups in total. The van der Waals surface area contributed by atoms with Gasteiger partial charge in [-0.15, -0.1) is 0 Å². The Balaban J connectivity index is 2.07. The number of likely N-dealkylation sites (N-methyl/N-ethyl adjacent to an activating group) is 1. The van der Waals surface area contributed by atoms with Crippen molar-refractivity contribution < 1.29 is 0 Å². The molecule has 1 aromatic carbocycles. The summed E-state index contributed by atoms with van der Waals surface area (Å²) in [5, 5.41) is 4.06. The van der Waals surface area contributed by atoms with Crippen LogP contribution in [0.5, 0.6) is 0 Å². The van der Waals surface area contributed by atoms with Gasteiger partial charge in [-0.1, -0.05) is 42.1 Å². The fourth-order valence-electron chi connectivity index (χ4n) is 2.03. The molecule has 0 radical (unpaired) electrons. The zero-order chi connectivity index (χ0) is 15.1. The van der Waals surface area contributed by atoms with E-state index in [9.17, 15) is 0 Å². The highest BCUT2D eigenvalue weighted by Gasteiger charge is 2.08. The molecule has 0 bridgehead atoms. The van der Waals surface area contributed by atoms with Crippen LogP contribution >= 0.6 is 11.8 Å². The van der Waals surface area contributed by atoms with Crippen molar-refractivity contribution in [1.82, 2.24) is 9.97 Å². The van der Waals surface area contributed by atoms with Gasteiger partial charge in [-0.2, -0.15) is 0 Å². The normalized spacial score (nSPS) is 10.4. The fraction of sp³-hybridized carbons (Fsp3) is 0.375. The average molecular weight is 302 g/mol. The van der Waals surface area contributed by atoms with Crippen LogP contribution in [0.1, 0.15) is 12.5 Å². The molecule has 0 aliphatic heterocycles. The minimum absolute atomic E-state index is 0.801. The maximum Gasteiger partial charge on any atom is 0.191 e. The van der Waals surface area contributed by atoms with Crippen molar-refractivity contribution >= 4 is 23.4 Å². The first-order valence-corrected chi connectivity index (χ1v) is 8.37. The molecule has 2 rings (SSSR count). The van der Waals surface area contributed by atoms with E-state index in [4.69, 9.17) is 0 Å². The van der Waals surface area contributed by atoms with Crippen molar-refractivity contribution in [3.63, 3.8) is 0 Å². The number of benzene rings is 1. The molecule has 0 amide bonds. The van der Waals surface area contributed by atoms with Crippen LogP contribution in [0.2, 0.25) is 0 Å². The van der Waals surface area contributed by atoms with Gasteiger partial charge in [-0.3, -0.25) is 0 Å². The molecule has 21 heavy (non-hydrogen) atoms. The molecular weight excluding hydrogens is 280 g/mol. The van der Waals surface area contributed by atoms with Crippen molar-refractivity contribution in [2.24, 2.45) is 0 Å². The molecule has 112 valence electrons. The van der Waals surface area contributed by atoms with E-state index in [0.717, 1.165) is 36.3 Å². The maximum absolute atomic E-state index is 4.58. The summed E-state index contributed by atoms with van der Waals surface area (Å²) in [5.41, 5.74) is 1.34. The lowest BCUT2D eigenvalue weighted by Crippen LogP contribution is -2.22. The van der Waals surface area contributed by atoms with E-state index >= 15 is 0 Å². The molecular formula is C16H22N4S. The zero-order valence-electron chi connectivity index (χ0n) is 12.8. The Hall–Kier alpha value is -1.75. The predicted octanol–water partition coefficient (Wildman–Crippen LogP) is 3.31. The zero-order valence-corrected chi connectivity index (χ0v) is 13.7. The Kier molecular flexibility index (Phi) is 5.87. The van der Waals surface area contributed by atoms with Crippen molar-refractivity contribution in [2.45, 2.75) is 18.5 Å². The van der Waals surface area contributed by atoms with Gasteiger partial charge < -0.3 is 10.2 Å². The molecule has 0 unspecified atom stereocenters.